The van der Waals surface area contributed by atoms with Crippen molar-refractivity contribution in [1.82, 2.24) is 7.76 Å². The molecule has 0 aliphatic rings. The number of aryl methyl sites for hydroxylation is 2. The second-order valence-electron chi connectivity index (χ2n) is 2.98. The van der Waals surface area contributed by atoms with Gasteiger partial charge in [0, 0.05) is 3.57 Å². The lowest BCUT2D eigenvalue weighted by atomic mass is 10.2. The maximum Gasteiger partial charge on any atom is 0.115 e. The summed E-state index contributed by atoms with van der Waals surface area (Å²) >= 11 is 4.64. The number of aromatic nitrogens is 2. The molecule has 0 saturated heterocycles. The summed E-state index contributed by atoms with van der Waals surface area (Å²) in [5, 5.41) is 0. The Kier molecular flexibility index (Phi) is 2.52. The van der Waals surface area contributed by atoms with Crippen LogP contribution in [0.2, 0.25) is 0 Å². The Bertz CT molecular complexity index is 474. The Morgan fingerprint density at radius 3 is 2.69 bits per heavy atom. The van der Waals surface area contributed by atoms with Crippen molar-refractivity contribution in [2.75, 3.05) is 0 Å². The molecule has 0 unspecified atom stereocenters. The predicted molar refractivity (Wildman–Crippen MR) is 71.3 cm³/mol. The van der Waals surface area contributed by atoms with Crippen LogP contribution in [-0.2, 0) is 0 Å². The normalized spacial score (nSPS) is 11.1. The van der Waals surface area contributed by atoms with Gasteiger partial charge in [0.15, 0.2) is 0 Å². The fourth-order valence-corrected chi connectivity index (χ4v) is 2.53. The van der Waals surface area contributed by atoms with Crippen molar-refractivity contribution >= 4 is 56.5 Å². The third kappa shape index (κ3) is 1.47. The van der Waals surface area contributed by atoms with Crippen molar-refractivity contribution in [2.24, 2.45) is 0 Å². The smallest absolute Gasteiger partial charge is 0.115 e. The van der Waals surface area contributed by atoms with Crippen LogP contribution in [0.1, 0.15) is 11.4 Å². The molecule has 0 spiro atoms. The first-order valence-electron chi connectivity index (χ1n) is 3.91. The fourth-order valence-electron chi connectivity index (χ4n) is 1.38. The van der Waals surface area contributed by atoms with Crippen molar-refractivity contribution in [2.45, 2.75) is 13.8 Å². The summed E-state index contributed by atoms with van der Waals surface area (Å²) in [6.07, 6.45) is 0. The van der Waals surface area contributed by atoms with Gasteiger partial charge in [-0.05, 0) is 54.1 Å². The molecular weight excluding hydrogens is 390 g/mol. The van der Waals surface area contributed by atoms with E-state index in [0.29, 0.717) is 0 Å². The van der Waals surface area contributed by atoms with E-state index >= 15 is 0 Å². The maximum absolute atomic E-state index is 4.47. The molecule has 2 nitrogen and oxygen atoms in total. The SMILES string of the molecule is Cc1c(I)ccc2nc(C)n(I)c12. The molecule has 0 bridgehead atoms. The number of imidazole rings is 1. The Balaban J connectivity index is 2.97. The molecule has 2 rings (SSSR count). The van der Waals surface area contributed by atoms with Gasteiger partial charge in [0.25, 0.3) is 0 Å². The Hall–Kier alpha value is 0.150. The average Bonchev–Trinajstić information content (AvgIpc) is 2.37. The van der Waals surface area contributed by atoms with Crippen molar-refractivity contribution in [1.29, 1.82) is 0 Å². The van der Waals surface area contributed by atoms with Gasteiger partial charge < -0.3 is 0 Å². The molecule has 0 aliphatic heterocycles. The molecule has 0 radical (unpaired) electrons. The molecule has 0 aliphatic carbocycles. The van der Waals surface area contributed by atoms with Gasteiger partial charge in [-0.2, -0.15) is 0 Å². The molecular formula is C9H8I2N2. The predicted octanol–water partition coefficient (Wildman–Crippen LogP) is 3.46. The lowest BCUT2D eigenvalue weighted by Gasteiger charge is -2.00. The molecule has 4 heteroatoms. The van der Waals surface area contributed by atoms with Crippen molar-refractivity contribution in [3.63, 3.8) is 0 Å². The lowest BCUT2D eigenvalue weighted by molar-refractivity contribution is 1.15. The minimum absolute atomic E-state index is 1.06. The second kappa shape index (κ2) is 3.38. The summed E-state index contributed by atoms with van der Waals surface area (Å²) in [4.78, 5) is 4.47. The van der Waals surface area contributed by atoms with E-state index < -0.39 is 0 Å². The van der Waals surface area contributed by atoms with Crippen LogP contribution in [0.4, 0.5) is 0 Å². The molecule has 68 valence electrons. The number of rotatable bonds is 0. The van der Waals surface area contributed by atoms with E-state index in [4.69, 9.17) is 0 Å². The highest BCUT2D eigenvalue weighted by molar-refractivity contribution is 14.1. The second-order valence-corrected chi connectivity index (χ2v) is 5.11. The van der Waals surface area contributed by atoms with E-state index in [1.807, 2.05) is 6.92 Å². The van der Waals surface area contributed by atoms with E-state index in [1.165, 1.54) is 14.7 Å². The average molecular weight is 398 g/mol. The summed E-state index contributed by atoms with van der Waals surface area (Å²) in [6, 6.07) is 4.19. The van der Waals surface area contributed by atoms with Gasteiger partial charge in [-0.1, -0.05) is 0 Å². The quantitative estimate of drug-likeness (QED) is 0.622. The molecule has 2 aromatic rings. The summed E-state index contributed by atoms with van der Waals surface area (Å²) in [5.41, 5.74) is 3.64. The highest BCUT2D eigenvalue weighted by Crippen LogP contribution is 2.25. The number of hydrogen-bond donors (Lipinski definition) is 0. The van der Waals surface area contributed by atoms with Crippen LogP contribution >= 0.6 is 45.5 Å². The van der Waals surface area contributed by atoms with E-state index in [-0.39, 0.29) is 0 Å². The van der Waals surface area contributed by atoms with Gasteiger partial charge in [0.1, 0.15) is 5.82 Å². The molecule has 0 N–H and O–H groups in total. The molecule has 1 heterocycles. The van der Waals surface area contributed by atoms with E-state index in [0.717, 1.165) is 11.3 Å². The largest absolute Gasteiger partial charge is 0.268 e. The molecule has 0 fully saturated rings. The van der Waals surface area contributed by atoms with Crippen molar-refractivity contribution in [3.8, 4) is 0 Å². The van der Waals surface area contributed by atoms with E-state index in [1.54, 1.807) is 0 Å². The first kappa shape index (κ1) is 9.70. The van der Waals surface area contributed by atoms with Gasteiger partial charge in [0.05, 0.1) is 33.9 Å². The van der Waals surface area contributed by atoms with Gasteiger partial charge in [0.2, 0.25) is 0 Å². The van der Waals surface area contributed by atoms with Crippen LogP contribution in [-0.4, -0.2) is 7.76 Å². The highest BCUT2D eigenvalue weighted by Gasteiger charge is 2.09. The van der Waals surface area contributed by atoms with Gasteiger partial charge in [-0.15, -0.1) is 0 Å². The summed E-state index contributed by atoms with van der Waals surface area (Å²) in [5.74, 6) is 1.06. The van der Waals surface area contributed by atoms with Crippen LogP contribution in [0.3, 0.4) is 0 Å². The first-order valence-corrected chi connectivity index (χ1v) is 5.96. The third-order valence-electron chi connectivity index (χ3n) is 2.11. The van der Waals surface area contributed by atoms with Gasteiger partial charge >= 0.3 is 0 Å². The molecule has 1 aromatic carbocycles. The van der Waals surface area contributed by atoms with Crippen LogP contribution in [0.5, 0.6) is 0 Å². The zero-order chi connectivity index (χ0) is 9.59. The highest BCUT2D eigenvalue weighted by atomic mass is 127. The molecule has 0 atom stereocenters. The molecule has 0 saturated carbocycles. The van der Waals surface area contributed by atoms with Crippen LogP contribution in [0.15, 0.2) is 12.1 Å². The minimum Gasteiger partial charge on any atom is -0.268 e. The number of hydrogen-bond acceptors (Lipinski definition) is 1. The monoisotopic (exact) mass is 398 g/mol. The number of benzene rings is 1. The number of nitrogens with zero attached hydrogens (tertiary/aromatic N) is 2. The summed E-state index contributed by atoms with van der Waals surface area (Å²) in [7, 11) is 0. The number of fused-ring (bicyclic) bond motifs is 1. The van der Waals surface area contributed by atoms with Crippen LogP contribution < -0.4 is 0 Å². The zero-order valence-electron chi connectivity index (χ0n) is 7.31. The lowest BCUT2D eigenvalue weighted by Crippen LogP contribution is -1.87. The minimum atomic E-state index is 1.06. The Morgan fingerprint density at radius 1 is 1.31 bits per heavy atom. The van der Waals surface area contributed by atoms with Gasteiger partial charge in [-0.3, -0.25) is 2.78 Å². The van der Waals surface area contributed by atoms with Crippen LogP contribution in [0, 0.1) is 17.4 Å². The maximum atomic E-state index is 4.47. The summed E-state index contributed by atoms with van der Waals surface area (Å²) < 4.78 is 3.41. The molecule has 13 heavy (non-hydrogen) atoms. The molecule has 1 aromatic heterocycles. The Morgan fingerprint density at radius 2 is 2.00 bits per heavy atom. The number of halogens is 2. The van der Waals surface area contributed by atoms with Crippen molar-refractivity contribution < 1.29 is 0 Å². The van der Waals surface area contributed by atoms with Crippen LogP contribution in [0.25, 0.3) is 11.0 Å². The Labute approximate surface area is 104 Å². The topological polar surface area (TPSA) is 17.8 Å². The first-order chi connectivity index (χ1) is 6.11. The fraction of sp³-hybridized carbons (Fsp3) is 0.222. The van der Waals surface area contributed by atoms with E-state index in [2.05, 4.69) is 72.3 Å². The van der Waals surface area contributed by atoms with Gasteiger partial charge in [-0.25, -0.2) is 4.98 Å². The summed E-state index contributed by atoms with van der Waals surface area (Å²) in [6.45, 7) is 4.17. The van der Waals surface area contributed by atoms with Crippen molar-refractivity contribution in [3.05, 3.63) is 27.1 Å². The molecule has 0 amide bonds. The van der Waals surface area contributed by atoms with E-state index in [9.17, 15) is 0 Å². The third-order valence-corrected chi connectivity index (χ3v) is 4.46. The standard InChI is InChI=1S/C9H8I2N2/c1-5-7(10)3-4-8-9(5)13(11)6(2)12-8/h3-4H,1-2H3. The zero-order valence-corrected chi connectivity index (χ0v) is 11.6.